The minimum Gasteiger partial charge on any atom is -0.481 e. The Labute approximate surface area is 228 Å². The SMILES string of the molecule is CCCCCCCC(CCCCCC)(CCCCCC)C(CCCCCC)(CCCCCC)C(=O)O. The van der Waals surface area contributed by atoms with Crippen molar-refractivity contribution in [3.63, 3.8) is 0 Å². The Balaban J connectivity index is 6.19. The largest absolute Gasteiger partial charge is 0.481 e. The molecule has 0 radical (unpaired) electrons. The van der Waals surface area contributed by atoms with Gasteiger partial charge in [-0.2, -0.15) is 0 Å². The molecule has 0 heterocycles. The van der Waals surface area contributed by atoms with Gasteiger partial charge in [0.2, 0.25) is 0 Å². The van der Waals surface area contributed by atoms with E-state index in [1.54, 1.807) is 0 Å². The van der Waals surface area contributed by atoms with Crippen molar-refractivity contribution in [3.05, 3.63) is 0 Å². The highest BCUT2D eigenvalue weighted by Gasteiger charge is 2.54. The predicted octanol–water partition coefficient (Wildman–Crippen LogP) is 12.3. The summed E-state index contributed by atoms with van der Waals surface area (Å²) in [6.45, 7) is 11.4. The maximum absolute atomic E-state index is 13.5. The van der Waals surface area contributed by atoms with Gasteiger partial charge in [0, 0.05) is 0 Å². The van der Waals surface area contributed by atoms with Crippen molar-refractivity contribution in [2.45, 2.75) is 202 Å². The minimum atomic E-state index is -0.530. The Morgan fingerprint density at radius 2 is 0.667 bits per heavy atom. The van der Waals surface area contributed by atoms with Gasteiger partial charge in [0.25, 0.3) is 0 Å². The maximum atomic E-state index is 13.5. The van der Waals surface area contributed by atoms with Crippen LogP contribution in [-0.4, -0.2) is 11.1 Å². The second-order valence-corrected chi connectivity index (χ2v) is 12.1. The standard InChI is InChI=1S/C34H68O2/c1-6-11-16-21-24-29-33(27-22-17-12-7-2,28-23-18-13-8-3)34(32(35)36,30-25-19-14-9-4)31-26-20-15-10-5/h6-31H2,1-5H3,(H,35,36). The normalized spacial score (nSPS) is 12.4. The molecule has 2 heteroatoms. The summed E-state index contributed by atoms with van der Waals surface area (Å²) in [7, 11) is 0. The fourth-order valence-electron chi connectivity index (χ4n) is 6.74. The molecular weight excluding hydrogens is 440 g/mol. The first-order chi connectivity index (χ1) is 17.5. The summed E-state index contributed by atoms with van der Waals surface area (Å²) in [4.78, 5) is 13.5. The Morgan fingerprint density at radius 3 is 0.944 bits per heavy atom. The van der Waals surface area contributed by atoms with Gasteiger partial charge in [-0.1, -0.05) is 169 Å². The number of carboxylic acids is 1. The van der Waals surface area contributed by atoms with Crippen LogP contribution in [-0.2, 0) is 4.79 Å². The summed E-state index contributed by atoms with van der Waals surface area (Å²) in [5.74, 6) is -0.449. The van der Waals surface area contributed by atoms with Gasteiger partial charge in [0.15, 0.2) is 0 Å². The van der Waals surface area contributed by atoms with Crippen LogP contribution in [0.15, 0.2) is 0 Å². The molecule has 0 atom stereocenters. The average Bonchev–Trinajstić information content (AvgIpc) is 2.87. The lowest BCUT2D eigenvalue weighted by Gasteiger charge is -2.50. The smallest absolute Gasteiger partial charge is 0.310 e. The highest BCUT2D eigenvalue weighted by atomic mass is 16.4. The van der Waals surface area contributed by atoms with Gasteiger partial charge in [0.1, 0.15) is 0 Å². The zero-order valence-corrected chi connectivity index (χ0v) is 25.7. The first-order valence-electron chi connectivity index (χ1n) is 16.7. The molecule has 0 spiro atoms. The molecule has 36 heavy (non-hydrogen) atoms. The maximum Gasteiger partial charge on any atom is 0.310 e. The topological polar surface area (TPSA) is 37.3 Å². The molecule has 0 rings (SSSR count). The molecule has 0 aliphatic rings. The fourth-order valence-corrected chi connectivity index (χ4v) is 6.74. The van der Waals surface area contributed by atoms with Crippen LogP contribution >= 0.6 is 0 Å². The summed E-state index contributed by atoms with van der Waals surface area (Å²) in [5.41, 5.74) is -0.553. The van der Waals surface area contributed by atoms with Crippen LogP contribution in [0.4, 0.5) is 0 Å². The molecule has 0 aliphatic heterocycles. The van der Waals surface area contributed by atoms with Gasteiger partial charge >= 0.3 is 5.97 Å². The lowest BCUT2D eigenvalue weighted by molar-refractivity contribution is -0.164. The van der Waals surface area contributed by atoms with Crippen molar-refractivity contribution in [2.24, 2.45) is 10.8 Å². The van der Waals surface area contributed by atoms with Crippen molar-refractivity contribution in [1.29, 1.82) is 0 Å². The summed E-state index contributed by atoms with van der Waals surface area (Å²) < 4.78 is 0. The minimum absolute atomic E-state index is 0.0229. The molecule has 2 nitrogen and oxygen atoms in total. The lowest BCUT2D eigenvalue weighted by Crippen LogP contribution is -2.48. The number of hydrogen-bond donors (Lipinski definition) is 1. The Hall–Kier alpha value is -0.530. The summed E-state index contributed by atoms with van der Waals surface area (Å²) in [5, 5.41) is 11.1. The third-order valence-corrected chi connectivity index (χ3v) is 9.12. The monoisotopic (exact) mass is 509 g/mol. The molecule has 0 aliphatic carbocycles. The molecule has 1 N–H and O–H groups in total. The highest BCUT2D eigenvalue weighted by Crippen LogP contribution is 2.57. The van der Waals surface area contributed by atoms with Gasteiger partial charge in [-0.05, 0) is 37.5 Å². The summed E-state index contributed by atoms with van der Waals surface area (Å²) in [6, 6.07) is 0. The van der Waals surface area contributed by atoms with Crippen molar-refractivity contribution < 1.29 is 9.90 Å². The van der Waals surface area contributed by atoms with Gasteiger partial charge in [-0.15, -0.1) is 0 Å². The number of hydrogen-bond acceptors (Lipinski definition) is 1. The van der Waals surface area contributed by atoms with E-state index >= 15 is 0 Å². The van der Waals surface area contributed by atoms with Gasteiger partial charge < -0.3 is 5.11 Å². The molecule has 0 bridgehead atoms. The van der Waals surface area contributed by atoms with Crippen LogP contribution in [0.2, 0.25) is 0 Å². The van der Waals surface area contributed by atoms with Crippen LogP contribution in [0.1, 0.15) is 202 Å². The quantitative estimate of drug-likeness (QED) is 0.107. The van der Waals surface area contributed by atoms with E-state index < -0.39 is 11.4 Å². The van der Waals surface area contributed by atoms with Gasteiger partial charge in [-0.25, -0.2) is 0 Å². The van der Waals surface area contributed by atoms with Crippen molar-refractivity contribution >= 4 is 5.97 Å². The van der Waals surface area contributed by atoms with E-state index in [-0.39, 0.29) is 5.41 Å². The third kappa shape index (κ3) is 13.9. The highest BCUT2D eigenvalue weighted by molar-refractivity contribution is 5.76. The Kier molecular flexibility index (Phi) is 23.2. The fraction of sp³-hybridized carbons (Fsp3) is 0.971. The molecule has 0 aromatic heterocycles. The zero-order chi connectivity index (χ0) is 27.0. The second kappa shape index (κ2) is 23.6. The lowest BCUT2D eigenvalue weighted by atomic mass is 9.53. The van der Waals surface area contributed by atoms with Crippen LogP contribution in [0.5, 0.6) is 0 Å². The number of carbonyl (C=O) groups is 1. The Morgan fingerprint density at radius 1 is 0.417 bits per heavy atom. The van der Waals surface area contributed by atoms with E-state index in [4.69, 9.17) is 0 Å². The number of carboxylic acid groups (broad SMARTS) is 1. The molecule has 216 valence electrons. The molecule has 0 saturated carbocycles. The van der Waals surface area contributed by atoms with E-state index in [9.17, 15) is 9.90 Å². The zero-order valence-electron chi connectivity index (χ0n) is 25.7. The number of rotatable bonds is 28. The van der Waals surface area contributed by atoms with E-state index in [2.05, 4.69) is 34.6 Å². The number of aliphatic carboxylic acids is 1. The van der Waals surface area contributed by atoms with Crippen molar-refractivity contribution in [3.8, 4) is 0 Å². The molecule has 0 amide bonds. The van der Waals surface area contributed by atoms with E-state index in [1.165, 1.54) is 122 Å². The van der Waals surface area contributed by atoms with Crippen LogP contribution in [0, 0.1) is 10.8 Å². The molecule has 0 unspecified atom stereocenters. The molecule has 0 fully saturated rings. The van der Waals surface area contributed by atoms with Crippen LogP contribution in [0.3, 0.4) is 0 Å². The molecular formula is C34H68O2. The predicted molar refractivity (Wildman–Crippen MR) is 161 cm³/mol. The van der Waals surface area contributed by atoms with Gasteiger partial charge in [0.05, 0.1) is 5.41 Å². The third-order valence-electron chi connectivity index (χ3n) is 9.12. The van der Waals surface area contributed by atoms with E-state index in [0.717, 1.165) is 44.9 Å². The Bertz CT molecular complexity index is 460. The van der Waals surface area contributed by atoms with Gasteiger partial charge in [-0.3, -0.25) is 4.79 Å². The van der Waals surface area contributed by atoms with Crippen molar-refractivity contribution in [1.82, 2.24) is 0 Å². The first-order valence-corrected chi connectivity index (χ1v) is 16.7. The van der Waals surface area contributed by atoms with E-state index in [0.29, 0.717) is 0 Å². The number of unbranched alkanes of at least 4 members (excludes halogenated alkanes) is 16. The second-order valence-electron chi connectivity index (χ2n) is 12.1. The molecule has 0 aromatic rings. The molecule has 0 aromatic carbocycles. The van der Waals surface area contributed by atoms with Crippen LogP contribution in [0.25, 0.3) is 0 Å². The van der Waals surface area contributed by atoms with Crippen molar-refractivity contribution in [2.75, 3.05) is 0 Å². The van der Waals surface area contributed by atoms with E-state index in [1.807, 2.05) is 0 Å². The summed E-state index contributed by atoms with van der Waals surface area (Å²) >= 11 is 0. The summed E-state index contributed by atoms with van der Waals surface area (Å²) in [6.07, 6.45) is 31.2. The molecule has 0 saturated heterocycles. The van der Waals surface area contributed by atoms with Crippen LogP contribution < -0.4 is 0 Å². The average molecular weight is 509 g/mol. The first kappa shape index (κ1) is 35.5.